The molecule has 212 valence electrons. The molecular formula is C33H43N5O2. The van der Waals surface area contributed by atoms with E-state index >= 15 is 0 Å². The number of carbonyl (C=O) groups excluding carboxylic acids is 1. The van der Waals surface area contributed by atoms with Gasteiger partial charge in [-0.15, -0.1) is 0 Å². The summed E-state index contributed by atoms with van der Waals surface area (Å²) in [4.78, 5) is 23.4. The maximum atomic E-state index is 11.4. The third kappa shape index (κ3) is 8.20. The second kappa shape index (κ2) is 16.8. The van der Waals surface area contributed by atoms with E-state index in [4.69, 9.17) is 9.72 Å². The number of esters is 1. The highest BCUT2D eigenvalue weighted by atomic mass is 16.5. The van der Waals surface area contributed by atoms with E-state index in [1.807, 2.05) is 38.3 Å². The molecule has 0 atom stereocenters. The number of methoxy groups -OCH3 is 1. The first-order valence-corrected chi connectivity index (χ1v) is 13.9. The van der Waals surface area contributed by atoms with Crippen LogP contribution in [0.25, 0.3) is 16.8 Å². The summed E-state index contributed by atoms with van der Waals surface area (Å²) >= 11 is 0. The first kappa shape index (κ1) is 32.1. The zero-order valence-electron chi connectivity index (χ0n) is 24.7. The van der Waals surface area contributed by atoms with Gasteiger partial charge < -0.3 is 4.74 Å². The summed E-state index contributed by atoms with van der Waals surface area (Å²) in [6.07, 6.45) is 11.3. The zero-order chi connectivity index (χ0) is 29.5. The molecule has 0 unspecified atom stereocenters. The molecule has 1 aliphatic heterocycles. The summed E-state index contributed by atoms with van der Waals surface area (Å²) in [5.74, 6) is 1.22. The molecule has 0 N–H and O–H groups in total. The lowest BCUT2D eigenvalue weighted by Gasteiger charge is -2.25. The van der Waals surface area contributed by atoms with Crippen LogP contribution < -0.4 is 5.01 Å². The van der Waals surface area contributed by atoms with Gasteiger partial charge in [-0.05, 0) is 49.2 Å². The Bertz CT molecular complexity index is 1260. The molecule has 1 aromatic carbocycles. The van der Waals surface area contributed by atoms with Crippen LogP contribution in [0, 0.1) is 0 Å². The lowest BCUT2D eigenvalue weighted by Crippen LogP contribution is -2.24. The Kier molecular flexibility index (Phi) is 13.5. The van der Waals surface area contributed by atoms with Crippen molar-refractivity contribution in [2.75, 3.05) is 25.2 Å². The van der Waals surface area contributed by atoms with Gasteiger partial charge in [-0.2, -0.15) is 10.1 Å². The Labute approximate surface area is 240 Å². The first-order valence-electron chi connectivity index (χ1n) is 13.9. The predicted molar refractivity (Wildman–Crippen MR) is 170 cm³/mol. The minimum absolute atomic E-state index is 0.169. The molecule has 0 radical (unpaired) electrons. The molecule has 2 heterocycles. The molecule has 7 heteroatoms. The number of aromatic nitrogens is 1. The monoisotopic (exact) mass is 541 g/mol. The number of aliphatic imine (C=N–C) groups is 1. The molecule has 0 saturated carbocycles. The van der Waals surface area contributed by atoms with Gasteiger partial charge in [0.05, 0.1) is 12.8 Å². The molecule has 0 amide bonds. The van der Waals surface area contributed by atoms with Crippen LogP contribution in [0.1, 0.15) is 63.6 Å². The molecule has 0 bridgehead atoms. The zero-order valence-corrected chi connectivity index (χ0v) is 24.7. The number of benzene rings is 1. The van der Waals surface area contributed by atoms with Crippen LogP contribution in [-0.4, -0.2) is 49.0 Å². The maximum Gasteiger partial charge on any atom is 0.305 e. The highest BCUT2D eigenvalue weighted by Gasteiger charge is 2.23. The van der Waals surface area contributed by atoms with E-state index in [2.05, 4.69) is 79.0 Å². The molecule has 1 aliphatic rings. The molecule has 0 aliphatic carbocycles. The van der Waals surface area contributed by atoms with E-state index in [0.29, 0.717) is 18.1 Å². The van der Waals surface area contributed by atoms with Crippen molar-refractivity contribution in [3.63, 3.8) is 0 Å². The molecular weight excluding hydrogens is 498 g/mol. The molecule has 0 spiro atoms. The Hall–Kier alpha value is -4.10. The fourth-order valence-corrected chi connectivity index (χ4v) is 4.30. The molecule has 2 aromatic rings. The number of pyridine rings is 1. The number of allylic oxidation sites excluding steroid dienone is 5. The second-order valence-corrected chi connectivity index (χ2v) is 8.79. The van der Waals surface area contributed by atoms with Gasteiger partial charge in [0, 0.05) is 42.6 Å². The Balaban J connectivity index is 0.00000274. The van der Waals surface area contributed by atoms with Crippen LogP contribution in [0.3, 0.4) is 0 Å². The summed E-state index contributed by atoms with van der Waals surface area (Å²) in [6.45, 7) is 22.3. The van der Waals surface area contributed by atoms with Crippen molar-refractivity contribution in [3.05, 3.63) is 90.3 Å². The van der Waals surface area contributed by atoms with Crippen molar-refractivity contribution in [1.29, 1.82) is 0 Å². The Morgan fingerprint density at radius 2 is 1.90 bits per heavy atom. The maximum absolute atomic E-state index is 11.4. The fourth-order valence-electron chi connectivity index (χ4n) is 4.30. The van der Waals surface area contributed by atoms with Gasteiger partial charge in [0.2, 0.25) is 0 Å². The van der Waals surface area contributed by atoms with Crippen molar-refractivity contribution in [2.24, 2.45) is 10.1 Å². The number of nitrogens with zero attached hydrogens (tertiary/aromatic N) is 5. The molecule has 0 saturated heterocycles. The van der Waals surface area contributed by atoms with Crippen molar-refractivity contribution in [1.82, 2.24) is 9.88 Å². The van der Waals surface area contributed by atoms with Gasteiger partial charge in [-0.1, -0.05) is 83.3 Å². The highest BCUT2D eigenvalue weighted by Crippen LogP contribution is 2.35. The fraction of sp³-hybridized carbons (Fsp3) is 0.333. The molecule has 3 rings (SSSR count). The number of carbonyl (C=O) groups is 1. The van der Waals surface area contributed by atoms with Gasteiger partial charge >= 0.3 is 5.97 Å². The minimum Gasteiger partial charge on any atom is -0.469 e. The van der Waals surface area contributed by atoms with E-state index in [1.165, 1.54) is 12.7 Å². The standard InChI is InChI=1S/C31H37N5O2.C2H6/c1-7-12-24(9-3)27-20-26-21-33-28(13-8-2)36(32-5)31(26)34-30(27)25-17-15-23(16-18-25)22-35(10-4)19-11-14-29(37)38-6;1-2/h7,9,12-13,15-18,20-21H,1,3,5,8,10-11,14,19,22H2,2,4,6H3;1-2H3/b24-12+,28-13-;. The Morgan fingerprint density at radius 1 is 1.18 bits per heavy atom. The topological polar surface area (TPSA) is 70.4 Å². The minimum atomic E-state index is -0.169. The Morgan fingerprint density at radius 3 is 2.48 bits per heavy atom. The van der Waals surface area contributed by atoms with Gasteiger partial charge in [-0.3, -0.25) is 9.69 Å². The molecule has 7 nitrogen and oxygen atoms in total. The SMILES string of the molecule is C=C/C=C(\C=C)c1cc2c(nc1-c1ccc(CN(CC)CCCC(=O)OC)cc1)N(N=C)/C(=C\CC)N=C2.CC. The van der Waals surface area contributed by atoms with E-state index in [1.54, 1.807) is 11.1 Å². The third-order valence-electron chi connectivity index (χ3n) is 6.30. The average Bonchev–Trinajstić information content (AvgIpc) is 3.00. The number of rotatable bonds is 13. The van der Waals surface area contributed by atoms with Crippen LogP contribution in [0.2, 0.25) is 0 Å². The largest absolute Gasteiger partial charge is 0.469 e. The second-order valence-electron chi connectivity index (χ2n) is 8.79. The number of anilines is 1. The van der Waals surface area contributed by atoms with Crippen LogP contribution >= 0.6 is 0 Å². The van der Waals surface area contributed by atoms with Crippen LogP contribution in [0.4, 0.5) is 5.82 Å². The summed E-state index contributed by atoms with van der Waals surface area (Å²) < 4.78 is 4.75. The lowest BCUT2D eigenvalue weighted by molar-refractivity contribution is -0.140. The van der Waals surface area contributed by atoms with Crippen LogP contribution in [0.15, 0.2) is 83.7 Å². The normalized spacial score (nSPS) is 13.4. The summed E-state index contributed by atoms with van der Waals surface area (Å²) in [5, 5.41) is 5.88. The number of ether oxygens (including phenoxy) is 1. The number of hydrogen-bond acceptors (Lipinski definition) is 7. The van der Waals surface area contributed by atoms with Gasteiger partial charge in [0.15, 0.2) is 11.6 Å². The van der Waals surface area contributed by atoms with Crippen molar-refractivity contribution in [2.45, 2.75) is 53.5 Å². The van der Waals surface area contributed by atoms with Crippen molar-refractivity contribution < 1.29 is 9.53 Å². The molecule has 40 heavy (non-hydrogen) atoms. The summed E-state index contributed by atoms with van der Waals surface area (Å²) in [6, 6.07) is 10.5. The van der Waals surface area contributed by atoms with Gasteiger partial charge in [0.25, 0.3) is 0 Å². The number of hydrogen-bond donors (Lipinski definition) is 0. The van der Waals surface area contributed by atoms with Crippen molar-refractivity contribution >= 4 is 30.3 Å². The summed E-state index contributed by atoms with van der Waals surface area (Å²) in [5.41, 5.74) is 5.68. The van der Waals surface area contributed by atoms with Gasteiger partial charge in [0.1, 0.15) is 0 Å². The van der Waals surface area contributed by atoms with Gasteiger partial charge in [-0.25, -0.2) is 9.98 Å². The van der Waals surface area contributed by atoms with Crippen LogP contribution in [-0.2, 0) is 16.1 Å². The van der Waals surface area contributed by atoms with E-state index < -0.39 is 0 Å². The summed E-state index contributed by atoms with van der Waals surface area (Å²) in [7, 11) is 1.43. The third-order valence-corrected chi connectivity index (χ3v) is 6.30. The lowest BCUT2D eigenvalue weighted by atomic mass is 9.96. The smallest absolute Gasteiger partial charge is 0.305 e. The van der Waals surface area contributed by atoms with Crippen LogP contribution in [0.5, 0.6) is 0 Å². The number of fused-ring (bicyclic) bond motifs is 1. The first-order chi connectivity index (χ1) is 19.5. The molecule has 1 aromatic heterocycles. The van der Waals surface area contributed by atoms with E-state index in [9.17, 15) is 4.79 Å². The molecule has 0 fully saturated rings. The quantitative estimate of drug-likeness (QED) is 0.150. The van der Waals surface area contributed by atoms with Crippen molar-refractivity contribution in [3.8, 4) is 11.3 Å². The van der Waals surface area contributed by atoms with E-state index in [-0.39, 0.29) is 5.97 Å². The average molecular weight is 542 g/mol. The van der Waals surface area contributed by atoms with E-state index in [0.717, 1.165) is 60.4 Å². The number of hydrazone groups is 1. The predicted octanol–water partition coefficient (Wildman–Crippen LogP) is 7.41. The highest BCUT2D eigenvalue weighted by molar-refractivity contribution is 5.95.